The number of hydrogen-bond acceptors (Lipinski definition) is 3. The number of nitrogens with zero attached hydrogens (tertiary/aromatic N) is 2. The summed E-state index contributed by atoms with van der Waals surface area (Å²) in [4.78, 5) is 28.2. The van der Waals surface area contributed by atoms with Gasteiger partial charge in [-0.05, 0) is 19.4 Å². The zero-order chi connectivity index (χ0) is 15.8. The molecule has 0 aromatic carbocycles. The monoisotopic (exact) mass is 310 g/mol. The summed E-state index contributed by atoms with van der Waals surface area (Å²) in [7, 11) is 0. The standard InChI is InChI=1S/C16H30N4O2/c1-2-19-10-12-20(13-11-19)16(22)18-9-8-17-15(21)14-6-4-3-5-7-14/h14H,2-13H2,1H3,(H,17,21)(H,18,22). The molecule has 6 heteroatoms. The highest BCUT2D eigenvalue weighted by molar-refractivity contribution is 5.78. The molecule has 1 aliphatic heterocycles. The predicted molar refractivity (Wildman–Crippen MR) is 86.7 cm³/mol. The van der Waals surface area contributed by atoms with E-state index in [-0.39, 0.29) is 17.9 Å². The van der Waals surface area contributed by atoms with Gasteiger partial charge in [-0.2, -0.15) is 0 Å². The van der Waals surface area contributed by atoms with Gasteiger partial charge in [0, 0.05) is 45.2 Å². The van der Waals surface area contributed by atoms with Crippen LogP contribution in [0.1, 0.15) is 39.0 Å². The molecule has 0 radical (unpaired) electrons. The van der Waals surface area contributed by atoms with E-state index < -0.39 is 0 Å². The predicted octanol–water partition coefficient (Wildman–Crippen LogP) is 1.03. The fourth-order valence-corrected chi connectivity index (χ4v) is 3.24. The summed E-state index contributed by atoms with van der Waals surface area (Å²) >= 11 is 0. The average Bonchev–Trinajstić information content (AvgIpc) is 2.59. The summed E-state index contributed by atoms with van der Waals surface area (Å²) in [6.45, 7) is 7.68. The van der Waals surface area contributed by atoms with Crippen molar-refractivity contribution in [1.29, 1.82) is 0 Å². The molecule has 0 bridgehead atoms. The van der Waals surface area contributed by atoms with Crippen molar-refractivity contribution in [3.8, 4) is 0 Å². The quantitative estimate of drug-likeness (QED) is 0.746. The molecule has 1 saturated carbocycles. The molecule has 0 spiro atoms. The van der Waals surface area contributed by atoms with Crippen LogP contribution in [0.3, 0.4) is 0 Å². The second-order valence-electron chi connectivity index (χ2n) is 6.28. The second kappa shape index (κ2) is 8.98. The van der Waals surface area contributed by atoms with E-state index in [0.29, 0.717) is 13.1 Å². The Morgan fingerprint density at radius 2 is 1.59 bits per heavy atom. The number of hydrogen-bond donors (Lipinski definition) is 2. The van der Waals surface area contributed by atoms with Crippen molar-refractivity contribution in [2.75, 3.05) is 45.8 Å². The highest BCUT2D eigenvalue weighted by Gasteiger charge is 2.21. The first-order valence-electron chi connectivity index (χ1n) is 8.73. The molecule has 0 aromatic rings. The maximum absolute atomic E-state index is 12.0. The molecule has 3 amide bonds. The Morgan fingerprint density at radius 3 is 2.23 bits per heavy atom. The topological polar surface area (TPSA) is 64.7 Å². The van der Waals surface area contributed by atoms with Crippen LogP contribution in [-0.2, 0) is 4.79 Å². The third kappa shape index (κ3) is 5.16. The first-order chi connectivity index (χ1) is 10.7. The van der Waals surface area contributed by atoms with Crippen LogP contribution in [0.4, 0.5) is 4.79 Å². The third-order valence-corrected chi connectivity index (χ3v) is 4.78. The van der Waals surface area contributed by atoms with Crippen LogP contribution in [0.25, 0.3) is 0 Å². The molecule has 126 valence electrons. The smallest absolute Gasteiger partial charge is 0.317 e. The molecule has 6 nitrogen and oxygen atoms in total. The number of amides is 3. The molecule has 0 atom stereocenters. The highest BCUT2D eigenvalue weighted by Crippen LogP contribution is 2.23. The molecular weight excluding hydrogens is 280 g/mol. The van der Waals surface area contributed by atoms with E-state index >= 15 is 0 Å². The molecule has 2 aliphatic rings. The largest absolute Gasteiger partial charge is 0.354 e. The van der Waals surface area contributed by atoms with Crippen molar-refractivity contribution < 1.29 is 9.59 Å². The second-order valence-corrected chi connectivity index (χ2v) is 6.28. The van der Waals surface area contributed by atoms with Gasteiger partial charge in [-0.25, -0.2) is 4.79 Å². The lowest BCUT2D eigenvalue weighted by Gasteiger charge is -2.34. The number of urea groups is 1. The van der Waals surface area contributed by atoms with Crippen LogP contribution in [0, 0.1) is 5.92 Å². The van der Waals surface area contributed by atoms with Gasteiger partial charge in [-0.3, -0.25) is 4.79 Å². The minimum atomic E-state index is -0.0114. The van der Waals surface area contributed by atoms with Crippen LogP contribution in [0.5, 0.6) is 0 Å². The van der Waals surface area contributed by atoms with Gasteiger partial charge in [0.2, 0.25) is 5.91 Å². The van der Waals surface area contributed by atoms with Crippen molar-refractivity contribution in [3.05, 3.63) is 0 Å². The van der Waals surface area contributed by atoms with E-state index in [0.717, 1.165) is 45.6 Å². The molecule has 2 rings (SSSR count). The van der Waals surface area contributed by atoms with Crippen LogP contribution < -0.4 is 10.6 Å². The van der Waals surface area contributed by atoms with E-state index in [2.05, 4.69) is 22.5 Å². The lowest BCUT2D eigenvalue weighted by molar-refractivity contribution is -0.125. The Hall–Kier alpha value is -1.30. The Bertz CT molecular complexity index is 361. The van der Waals surface area contributed by atoms with Gasteiger partial charge in [0.1, 0.15) is 0 Å². The molecule has 2 fully saturated rings. The molecule has 2 N–H and O–H groups in total. The van der Waals surface area contributed by atoms with Gasteiger partial charge in [0.15, 0.2) is 0 Å². The summed E-state index contributed by atoms with van der Waals surface area (Å²) in [6.07, 6.45) is 5.61. The van der Waals surface area contributed by atoms with E-state index in [4.69, 9.17) is 0 Å². The highest BCUT2D eigenvalue weighted by atomic mass is 16.2. The number of rotatable bonds is 5. The van der Waals surface area contributed by atoms with E-state index in [1.165, 1.54) is 19.3 Å². The Balaban J connectivity index is 1.56. The zero-order valence-electron chi connectivity index (χ0n) is 13.8. The number of likely N-dealkylation sites (N-methyl/N-ethyl adjacent to an activating group) is 1. The van der Waals surface area contributed by atoms with Gasteiger partial charge in [0.25, 0.3) is 0 Å². The summed E-state index contributed by atoms with van der Waals surface area (Å²) < 4.78 is 0. The van der Waals surface area contributed by atoms with E-state index in [9.17, 15) is 9.59 Å². The van der Waals surface area contributed by atoms with Crippen molar-refractivity contribution in [2.45, 2.75) is 39.0 Å². The minimum Gasteiger partial charge on any atom is -0.354 e. The molecule has 1 aliphatic carbocycles. The molecular formula is C16H30N4O2. The number of carbonyl (C=O) groups excluding carboxylic acids is 2. The lowest BCUT2D eigenvalue weighted by Crippen LogP contribution is -2.52. The number of nitrogens with one attached hydrogen (secondary N) is 2. The van der Waals surface area contributed by atoms with Crippen LogP contribution in [0.2, 0.25) is 0 Å². The lowest BCUT2D eigenvalue weighted by atomic mass is 9.89. The van der Waals surface area contributed by atoms with Gasteiger partial charge < -0.3 is 20.4 Å². The number of carbonyl (C=O) groups is 2. The first-order valence-corrected chi connectivity index (χ1v) is 8.73. The van der Waals surface area contributed by atoms with Gasteiger partial charge >= 0.3 is 6.03 Å². The molecule has 1 saturated heterocycles. The van der Waals surface area contributed by atoms with Crippen LogP contribution in [0.15, 0.2) is 0 Å². The normalized spacial score (nSPS) is 20.7. The Morgan fingerprint density at radius 1 is 0.955 bits per heavy atom. The summed E-state index contributed by atoms with van der Waals surface area (Å²) in [5.74, 6) is 0.345. The van der Waals surface area contributed by atoms with Crippen LogP contribution >= 0.6 is 0 Å². The summed E-state index contributed by atoms with van der Waals surface area (Å²) in [5.41, 5.74) is 0. The zero-order valence-corrected chi connectivity index (χ0v) is 13.8. The SMILES string of the molecule is CCN1CCN(C(=O)NCCNC(=O)C2CCCCC2)CC1. The van der Waals surface area contributed by atoms with Crippen LogP contribution in [-0.4, -0.2) is 67.6 Å². The first kappa shape index (κ1) is 17.1. The molecule has 1 heterocycles. The molecule has 22 heavy (non-hydrogen) atoms. The fraction of sp³-hybridized carbons (Fsp3) is 0.875. The van der Waals surface area contributed by atoms with Crippen molar-refractivity contribution in [1.82, 2.24) is 20.4 Å². The minimum absolute atomic E-state index is 0.0114. The average molecular weight is 310 g/mol. The van der Waals surface area contributed by atoms with E-state index in [1.807, 2.05) is 4.90 Å². The Labute approximate surface area is 133 Å². The van der Waals surface area contributed by atoms with Crippen molar-refractivity contribution in [3.63, 3.8) is 0 Å². The van der Waals surface area contributed by atoms with E-state index in [1.54, 1.807) is 0 Å². The van der Waals surface area contributed by atoms with Crippen molar-refractivity contribution in [2.24, 2.45) is 5.92 Å². The maximum Gasteiger partial charge on any atom is 0.317 e. The van der Waals surface area contributed by atoms with Crippen molar-refractivity contribution >= 4 is 11.9 Å². The van der Waals surface area contributed by atoms with Gasteiger partial charge in [-0.15, -0.1) is 0 Å². The summed E-state index contributed by atoms with van der Waals surface area (Å²) in [6, 6.07) is -0.0114. The van der Waals surface area contributed by atoms with Gasteiger partial charge in [-0.1, -0.05) is 26.2 Å². The van der Waals surface area contributed by atoms with Gasteiger partial charge in [0.05, 0.1) is 0 Å². The molecule has 0 aromatic heterocycles. The summed E-state index contributed by atoms with van der Waals surface area (Å²) in [5, 5.41) is 5.84. The molecule has 0 unspecified atom stereocenters. The maximum atomic E-state index is 12.0. The number of piperazine rings is 1. The Kier molecular flexibility index (Phi) is 6.96. The fourth-order valence-electron chi connectivity index (χ4n) is 3.24. The third-order valence-electron chi connectivity index (χ3n) is 4.78.